The summed E-state index contributed by atoms with van der Waals surface area (Å²) in [6, 6.07) is 8.42. The number of carbonyl (C=O) groups excluding carboxylic acids is 3. The second kappa shape index (κ2) is 11.8. The van der Waals surface area contributed by atoms with Gasteiger partial charge in [0, 0.05) is 12.8 Å². The number of ether oxygens (including phenoxy) is 1. The highest BCUT2D eigenvalue weighted by atomic mass is 16.5. The Labute approximate surface area is 193 Å². The van der Waals surface area contributed by atoms with Crippen LogP contribution in [0.5, 0.6) is 0 Å². The maximum atomic E-state index is 12.4. The van der Waals surface area contributed by atoms with Crippen molar-refractivity contribution in [1.29, 1.82) is 0 Å². The summed E-state index contributed by atoms with van der Waals surface area (Å²) in [5, 5.41) is 0. The molecule has 3 aliphatic rings. The molecule has 0 saturated heterocycles. The minimum Gasteiger partial charge on any atom is -0.462 e. The lowest BCUT2D eigenvalue weighted by molar-refractivity contribution is -0.151. The molecule has 3 fully saturated rings. The van der Waals surface area contributed by atoms with Crippen molar-refractivity contribution in [2.24, 2.45) is 23.7 Å². The first kappa shape index (κ1) is 24.7. The molecule has 1 aromatic rings. The normalized spacial score (nSPS) is 24.8. The van der Waals surface area contributed by atoms with E-state index < -0.39 is 12.0 Å². The summed E-state index contributed by atoms with van der Waals surface area (Å²) in [5.74, 6) is 1.96. The molecule has 0 N–H and O–H groups in total. The summed E-state index contributed by atoms with van der Waals surface area (Å²) >= 11 is 0. The number of hydrogen-bond acceptors (Lipinski definition) is 4. The van der Waals surface area contributed by atoms with Gasteiger partial charge in [-0.1, -0.05) is 56.9 Å². The van der Waals surface area contributed by atoms with Crippen LogP contribution in [-0.4, -0.2) is 23.6 Å². The van der Waals surface area contributed by atoms with Gasteiger partial charge in [0.25, 0.3) is 0 Å². The van der Waals surface area contributed by atoms with Crippen LogP contribution in [0.1, 0.15) is 89.7 Å². The maximum absolute atomic E-state index is 12.4. The Kier molecular flexibility index (Phi) is 9.07. The topological polar surface area (TPSA) is 60.4 Å². The van der Waals surface area contributed by atoms with Crippen molar-refractivity contribution in [2.75, 3.05) is 0 Å². The smallest absolute Gasteiger partial charge is 0.310 e. The third-order valence-electron chi connectivity index (χ3n) is 7.75. The van der Waals surface area contributed by atoms with Gasteiger partial charge in [0.2, 0.25) is 0 Å². The first-order valence-corrected chi connectivity index (χ1v) is 12.6. The molecule has 3 atom stereocenters. The molecular formula is C28H40O4. The van der Waals surface area contributed by atoms with Gasteiger partial charge < -0.3 is 9.53 Å². The molecule has 0 amide bonds. The van der Waals surface area contributed by atoms with Crippen LogP contribution in [0.2, 0.25) is 0 Å². The number of benzene rings is 1. The quantitative estimate of drug-likeness (QED) is 0.426. The summed E-state index contributed by atoms with van der Waals surface area (Å²) in [6.45, 7) is 4.99. The molecule has 0 heterocycles. The van der Waals surface area contributed by atoms with Crippen molar-refractivity contribution in [3.05, 3.63) is 35.4 Å². The molecule has 0 aromatic heterocycles. The molecule has 3 aliphatic carbocycles. The predicted molar refractivity (Wildman–Crippen MR) is 126 cm³/mol. The van der Waals surface area contributed by atoms with E-state index in [0.717, 1.165) is 29.7 Å². The zero-order valence-electron chi connectivity index (χ0n) is 20.1. The molecular weight excluding hydrogens is 400 g/mol. The van der Waals surface area contributed by atoms with E-state index in [0.29, 0.717) is 0 Å². The van der Waals surface area contributed by atoms with Crippen LogP contribution >= 0.6 is 0 Å². The lowest BCUT2D eigenvalue weighted by Gasteiger charge is -2.40. The van der Waals surface area contributed by atoms with E-state index in [9.17, 15) is 14.4 Å². The third kappa shape index (κ3) is 7.28. The van der Waals surface area contributed by atoms with Gasteiger partial charge in [0.05, 0.1) is 12.3 Å². The lowest BCUT2D eigenvalue weighted by atomic mass is 9.65. The van der Waals surface area contributed by atoms with Crippen LogP contribution in [0.3, 0.4) is 0 Å². The summed E-state index contributed by atoms with van der Waals surface area (Å²) in [7, 11) is 0. The monoisotopic (exact) mass is 440 g/mol. The van der Waals surface area contributed by atoms with Crippen molar-refractivity contribution in [1.82, 2.24) is 0 Å². The maximum Gasteiger partial charge on any atom is 0.310 e. The third-order valence-corrected chi connectivity index (χ3v) is 7.75. The highest BCUT2D eigenvalue weighted by molar-refractivity contribution is 5.86. The first-order chi connectivity index (χ1) is 15.3. The molecule has 176 valence electrons. The van der Waals surface area contributed by atoms with Gasteiger partial charge in [-0.25, -0.2) is 0 Å². The Hall–Kier alpha value is -1.97. The van der Waals surface area contributed by atoms with Gasteiger partial charge in [-0.05, 0) is 68.4 Å². The average Bonchev–Trinajstić information content (AvgIpc) is 2.88. The zero-order chi connectivity index (χ0) is 23.1. The van der Waals surface area contributed by atoms with Crippen molar-refractivity contribution in [3.8, 4) is 0 Å². The summed E-state index contributed by atoms with van der Waals surface area (Å²) in [6.07, 6.45) is 11.2. The second-order valence-electron chi connectivity index (χ2n) is 10.3. The van der Waals surface area contributed by atoms with Crippen molar-refractivity contribution in [3.63, 3.8) is 0 Å². The molecule has 2 bridgehead atoms. The fourth-order valence-corrected chi connectivity index (χ4v) is 5.33. The van der Waals surface area contributed by atoms with Crippen LogP contribution < -0.4 is 0 Å². The highest BCUT2D eigenvalue weighted by Crippen LogP contribution is 2.45. The number of fused-ring (bicyclic) bond motifs is 5. The summed E-state index contributed by atoms with van der Waals surface area (Å²) < 4.78 is 5.51. The lowest BCUT2D eigenvalue weighted by Crippen LogP contribution is -2.30. The van der Waals surface area contributed by atoms with Crippen molar-refractivity contribution in [2.45, 2.75) is 97.5 Å². The highest BCUT2D eigenvalue weighted by Gasteiger charge is 2.35. The van der Waals surface area contributed by atoms with E-state index in [2.05, 4.69) is 12.1 Å². The van der Waals surface area contributed by atoms with E-state index in [4.69, 9.17) is 4.74 Å². The molecule has 0 spiro atoms. The minimum atomic E-state index is -0.490. The zero-order valence-corrected chi connectivity index (χ0v) is 20.1. The van der Waals surface area contributed by atoms with Gasteiger partial charge in [0.1, 0.15) is 17.7 Å². The van der Waals surface area contributed by atoms with E-state index in [1.807, 2.05) is 12.1 Å². The van der Waals surface area contributed by atoms with Gasteiger partial charge in [0.15, 0.2) is 0 Å². The van der Waals surface area contributed by atoms with Crippen LogP contribution in [0.15, 0.2) is 24.3 Å². The molecule has 3 unspecified atom stereocenters. The van der Waals surface area contributed by atoms with Gasteiger partial charge in [-0.15, -0.1) is 0 Å². The van der Waals surface area contributed by atoms with Crippen molar-refractivity contribution < 1.29 is 19.1 Å². The number of ketones is 2. The van der Waals surface area contributed by atoms with E-state index in [1.165, 1.54) is 57.4 Å². The number of carbonyl (C=O) groups is 3. The Balaban J connectivity index is 1.45. The van der Waals surface area contributed by atoms with Crippen LogP contribution in [0, 0.1) is 23.7 Å². The number of rotatable bonds is 10. The van der Waals surface area contributed by atoms with E-state index >= 15 is 0 Å². The van der Waals surface area contributed by atoms with Crippen LogP contribution in [0.4, 0.5) is 0 Å². The van der Waals surface area contributed by atoms with E-state index in [1.54, 1.807) is 13.8 Å². The van der Waals surface area contributed by atoms with E-state index in [-0.39, 0.29) is 36.8 Å². The second-order valence-corrected chi connectivity index (χ2v) is 10.3. The Bertz CT molecular complexity index is 775. The Morgan fingerprint density at radius 2 is 1.59 bits per heavy atom. The molecule has 1 aromatic carbocycles. The van der Waals surface area contributed by atoms with Crippen LogP contribution in [0.25, 0.3) is 0 Å². The average molecular weight is 441 g/mol. The predicted octanol–water partition coefficient (Wildman–Crippen LogP) is 5.88. The van der Waals surface area contributed by atoms with Gasteiger partial charge >= 0.3 is 5.97 Å². The molecule has 4 rings (SSSR count). The Morgan fingerprint density at radius 1 is 0.938 bits per heavy atom. The van der Waals surface area contributed by atoms with Crippen LogP contribution in [-0.2, 0) is 32.0 Å². The van der Waals surface area contributed by atoms with Gasteiger partial charge in [-0.2, -0.15) is 0 Å². The molecule has 0 radical (unpaired) electrons. The number of Topliss-reactive ketones (excluding diaryl/α,β-unsaturated/α-hetero) is 2. The molecule has 3 saturated carbocycles. The molecule has 4 nitrogen and oxygen atoms in total. The largest absolute Gasteiger partial charge is 0.462 e. The first-order valence-electron chi connectivity index (χ1n) is 12.6. The molecule has 0 aliphatic heterocycles. The number of esters is 1. The minimum absolute atomic E-state index is 0.000524. The molecule has 32 heavy (non-hydrogen) atoms. The number of hydrogen-bond donors (Lipinski definition) is 0. The fourth-order valence-electron chi connectivity index (χ4n) is 5.33. The standard InChI is InChI=1S/C28H40O4/c1-19(29)9-14-27(30)20(2)21(3)32-28(31)18-23-12-10-22(11-13-23)15-25-8-6-4-5-7-24-16-26(25)17-24/h10-13,20-21,24-26H,4-9,14-18H2,1-3H3. The summed E-state index contributed by atoms with van der Waals surface area (Å²) in [5.41, 5.74) is 2.31. The SMILES string of the molecule is CC(=O)CCC(=O)C(C)C(C)OC(=O)Cc1ccc(CC2CCCCCC3CC2C3)cc1. The van der Waals surface area contributed by atoms with Gasteiger partial charge in [-0.3, -0.25) is 9.59 Å². The fraction of sp³-hybridized carbons (Fsp3) is 0.679. The summed E-state index contributed by atoms with van der Waals surface area (Å²) in [4.78, 5) is 35.6. The Morgan fingerprint density at radius 3 is 2.28 bits per heavy atom. The molecule has 4 heteroatoms. The van der Waals surface area contributed by atoms with Crippen molar-refractivity contribution >= 4 is 17.5 Å².